The van der Waals surface area contributed by atoms with Crippen LogP contribution in [0.1, 0.15) is 0 Å². The fourth-order valence-electron chi connectivity index (χ4n) is 1.49. The summed E-state index contributed by atoms with van der Waals surface area (Å²) in [5.74, 6) is 0. The summed E-state index contributed by atoms with van der Waals surface area (Å²) in [6.45, 7) is 0. The first kappa shape index (κ1) is 10.3. The average Bonchev–Trinajstić information content (AvgIpc) is 2.83. The first-order valence-corrected chi connectivity index (χ1v) is 7.12. The van der Waals surface area contributed by atoms with Crippen LogP contribution in [0.4, 0.5) is 5.69 Å². The van der Waals surface area contributed by atoms with Crippen molar-refractivity contribution in [3.05, 3.63) is 33.4 Å². The van der Waals surface area contributed by atoms with E-state index in [0.717, 1.165) is 30.3 Å². The smallest absolute Gasteiger partial charge is 0.125 e. The molecule has 2 N–H and O–H groups in total. The van der Waals surface area contributed by atoms with Crippen molar-refractivity contribution in [1.29, 1.82) is 0 Å². The average molecular weight is 311 g/mol. The number of halogens is 1. The van der Waals surface area contributed by atoms with Crippen LogP contribution in [0.15, 0.2) is 33.4 Å². The fourth-order valence-corrected chi connectivity index (χ4v) is 3.70. The second-order valence-electron chi connectivity index (χ2n) is 3.39. The number of benzene rings is 1. The molecule has 2 heterocycles. The van der Waals surface area contributed by atoms with Gasteiger partial charge in [0.1, 0.15) is 5.01 Å². The van der Waals surface area contributed by atoms with Gasteiger partial charge in [-0.15, -0.1) is 22.7 Å². The Labute approximate surface area is 109 Å². The number of aromatic nitrogens is 1. The Morgan fingerprint density at radius 2 is 2.12 bits per heavy atom. The van der Waals surface area contributed by atoms with Gasteiger partial charge in [-0.3, -0.25) is 0 Å². The summed E-state index contributed by atoms with van der Waals surface area (Å²) in [4.78, 5) is 4.59. The van der Waals surface area contributed by atoms with E-state index in [4.69, 9.17) is 5.73 Å². The standard InChI is InChI=1S/C11H7BrN2S2/c12-10-3-6(5-15-10)11-14-8-2-1-7(13)4-9(8)16-11/h1-5H,13H2. The van der Waals surface area contributed by atoms with Crippen LogP contribution in [0.2, 0.25) is 0 Å². The number of nitrogens with zero attached hydrogens (tertiary/aromatic N) is 1. The van der Waals surface area contributed by atoms with Crippen LogP contribution in [-0.4, -0.2) is 4.98 Å². The quantitative estimate of drug-likeness (QED) is 0.678. The van der Waals surface area contributed by atoms with Crippen molar-refractivity contribution in [3.8, 4) is 10.6 Å². The minimum absolute atomic E-state index is 0.786. The molecule has 0 unspecified atom stereocenters. The molecule has 0 fully saturated rings. The van der Waals surface area contributed by atoms with Crippen LogP contribution in [0.25, 0.3) is 20.8 Å². The second kappa shape index (κ2) is 3.84. The number of rotatable bonds is 1. The van der Waals surface area contributed by atoms with Crippen molar-refractivity contribution in [2.45, 2.75) is 0 Å². The summed E-state index contributed by atoms with van der Waals surface area (Å²) in [6, 6.07) is 7.91. The normalized spacial score (nSPS) is 11.1. The van der Waals surface area contributed by atoms with Crippen molar-refractivity contribution >= 4 is 54.5 Å². The van der Waals surface area contributed by atoms with Crippen molar-refractivity contribution in [2.24, 2.45) is 0 Å². The Morgan fingerprint density at radius 1 is 1.25 bits per heavy atom. The molecule has 2 aromatic heterocycles. The zero-order valence-corrected chi connectivity index (χ0v) is 11.3. The maximum absolute atomic E-state index is 5.75. The third-order valence-corrected chi connectivity index (χ3v) is 4.80. The molecule has 80 valence electrons. The highest BCUT2D eigenvalue weighted by Crippen LogP contribution is 2.34. The van der Waals surface area contributed by atoms with Gasteiger partial charge in [-0.1, -0.05) is 0 Å². The summed E-state index contributed by atoms with van der Waals surface area (Å²) >= 11 is 6.80. The lowest BCUT2D eigenvalue weighted by molar-refractivity contribution is 1.49. The molecule has 5 heteroatoms. The Balaban J connectivity index is 2.18. The number of nitrogens with two attached hydrogens (primary N) is 1. The van der Waals surface area contributed by atoms with Crippen LogP contribution in [-0.2, 0) is 0 Å². The van der Waals surface area contributed by atoms with Crippen LogP contribution in [0.5, 0.6) is 0 Å². The first-order chi connectivity index (χ1) is 7.72. The largest absolute Gasteiger partial charge is 0.399 e. The van der Waals surface area contributed by atoms with E-state index in [0.29, 0.717) is 0 Å². The van der Waals surface area contributed by atoms with Gasteiger partial charge >= 0.3 is 0 Å². The monoisotopic (exact) mass is 310 g/mol. The molecule has 0 atom stereocenters. The third kappa shape index (κ3) is 1.75. The van der Waals surface area contributed by atoms with Crippen molar-refractivity contribution in [2.75, 3.05) is 5.73 Å². The number of fused-ring (bicyclic) bond motifs is 1. The van der Waals surface area contributed by atoms with E-state index < -0.39 is 0 Å². The minimum atomic E-state index is 0.786. The summed E-state index contributed by atoms with van der Waals surface area (Å²) in [5.41, 5.74) is 8.71. The van der Waals surface area contributed by atoms with Gasteiger partial charge in [-0.25, -0.2) is 4.98 Å². The van der Waals surface area contributed by atoms with Gasteiger partial charge in [0.25, 0.3) is 0 Å². The molecule has 3 rings (SSSR count). The van der Waals surface area contributed by atoms with Crippen LogP contribution in [0, 0.1) is 0 Å². The SMILES string of the molecule is Nc1ccc2nc(-c3csc(Br)c3)sc2c1. The molecule has 0 spiro atoms. The molecule has 0 amide bonds. The number of nitrogen functional groups attached to an aromatic ring is 1. The Hall–Kier alpha value is -0.910. The van der Waals surface area contributed by atoms with Crippen LogP contribution < -0.4 is 5.73 Å². The van der Waals surface area contributed by atoms with Crippen molar-refractivity contribution < 1.29 is 0 Å². The second-order valence-corrected chi connectivity index (χ2v) is 6.71. The Morgan fingerprint density at radius 3 is 2.88 bits per heavy atom. The zero-order chi connectivity index (χ0) is 11.1. The number of hydrogen-bond acceptors (Lipinski definition) is 4. The van der Waals surface area contributed by atoms with E-state index in [9.17, 15) is 0 Å². The van der Waals surface area contributed by atoms with Gasteiger partial charge in [0.2, 0.25) is 0 Å². The summed E-state index contributed by atoms with van der Waals surface area (Å²) in [7, 11) is 0. The molecule has 0 aliphatic rings. The van der Waals surface area contributed by atoms with Gasteiger partial charge < -0.3 is 5.73 Å². The van der Waals surface area contributed by atoms with Gasteiger partial charge in [-0.05, 0) is 40.2 Å². The molecule has 1 aromatic carbocycles. The highest BCUT2D eigenvalue weighted by Gasteiger charge is 2.07. The highest BCUT2D eigenvalue weighted by molar-refractivity contribution is 9.11. The topological polar surface area (TPSA) is 38.9 Å². The zero-order valence-electron chi connectivity index (χ0n) is 8.11. The van der Waals surface area contributed by atoms with E-state index in [1.165, 1.54) is 0 Å². The minimum Gasteiger partial charge on any atom is -0.399 e. The van der Waals surface area contributed by atoms with E-state index >= 15 is 0 Å². The lowest BCUT2D eigenvalue weighted by Crippen LogP contribution is -1.81. The van der Waals surface area contributed by atoms with E-state index in [2.05, 4.69) is 32.4 Å². The molecule has 16 heavy (non-hydrogen) atoms. The summed E-state index contributed by atoms with van der Waals surface area (Å²) in [6.07, 6.45) is 0. The molecular weight excluding hydrogens is 304 g/mol. The summed E-state index contributed by atoms with van der Waals surface area (Å²) < 4.78 is 2.26. The molecular formula is C11H7BrN2S2. The third-order valence-electron chi connectivity index (χ3n) is 2.23. The van der Waals surface area contributed by atoms with Gasteiger partial charge in [0, 0.05) is 16.6 Å². The number of anilines is 1. The maximum Gasteiger partial charge on any atom is 0.125 e. The molecule has 2 nitrogen and oxygen atoms in total. The molecule has 0 aliphatic heterocycles. The molecule has 0 radical (unpaired) electrons. The van der Waals surface area contributed by atoms with Crippen LogP contribution in [0.3, 0.4) is 0 Å². The van der Waals surface area contributed by atoms with Gasteiger partial charge in [0.15, 0.2) is 0 Å². The van der Waals surface area contributed by atoms with Crippen LogP contribution >= 0.6 is 38.6 Å². The fraction of sp³-hybridized carbons (Fsp3) is 0. The van der Waals surface area contributed by atoms with Gasteiger partial charge in [-0.2, -0.15) is 0 Å². The van der Waals surface area contributed by atoms with Gasteiger partial charge in [0.05, 0.1) is 14.0 Å². The molecule has 0 aliphatic carbocycles. The number of thiazole rings is 1. The Bertz CT molecular complexity index is 657. The molecule has 0 bridgehead atoms. The lowest BCUT2D eigenvalue weighted by atomic mass is 10.3. The molecule has 0 saturated heterocycles. The van der Waals surface area contributed by atoms with E-state index in [1.54, 1.807) is 22.7 Å². The van der Waals surface area contributed by atoms with E-state index in [1.807, 2.05) is 18.2 Å². The predicted molar refractivity (Wildman–Crippen MR) is 75.0 cm³/mol. The van der Waals surface area contributed by atoms with Crippen molar-refractivity contribution in [3.63, 3.8) is 0 Å². The Kier molecular flexibility index (Phi) is 2.46. The van der Waals surface area contributed by atoms with Crippen molar-refractivity contribution in [1.82, 2.24) is 4.98 Å². The molecule has 3 aromatic rings. The number of thiophene rings is 1. The highest BCUT2D eigenvalue weighted by atomic mass is 79.9. The lowest BCUT2D eigenvalue weighted by Gasteiger charge is -1.89. The summed E-state index contributed by atoms with van der Waals surface area (Å²) in [5, 5.41) is 3.15. The van der Waals surface area contributed by atoms with E-state index in [-0.39, 0.29) is 0 Å². The first-order valence-electron chi connectivity index (χ1n) is 4.63. The number of hydrogen-bond donors (Lipinski definition) is 1. The maximum atomic E-state index is 5.75. The molecule has 0 saturated carbocycles. The predicted octanol–water partition coefficient (Wildman–Crippen LogP) is 4.37.